The minimum absolute atomic E-state index is 0.305. The molecular weight excluding hydrogens is 290 g/mol. The average Bonchev–Trinajstić information content (AvgIpc) is 2.84. The van der Waals surface area contributed by atoms with Crippen LogP contribution >= 0.6 is 11.3 Å². The molecule has 0 radical (unpaired) electrons. The van der Waals surface area contributed by atoms with Crippen molar-refractivity contribution in [1.29, 1.82) is 0 Å². The molecule has 1 unspecified atom stereocenters. The first-order valence-corrected chi connectivity index (χ1v) is 7.13. The Labute approximate surface area is 125 Å². The van der Waals surface area contributed by atoms with Crippen LogP contribution in [0.5, 0.6) is 0 Å². The summed E-state index contributed by atoms with van der Waals surface area (Å²) in [5.74, 6) is -1.03. The molecule has 1 atom stereocenters. The van der Waals surface area contributed by atoms with E-state index in [-0.39, 0.29) is 0 Å². The Morgan fingerprint density at radius 1 is 1.43 bits per heavy atom. The van der Waals surface area contributed by atoms with Gasteiger partial charge in [0.25, 0.3) is 5.91 Å². The zero-order chi connectivity index (χ0) is 15.4. The molecule has 3 N–H and O–H groups in total. The molecule has 6 nitrogen and oxygen atoms in total. The number of rotatable bonds is 4. The Balaban J connectivity index is 1.95. The normalized spacial score (nSPS) is 11.7. The molecule has 0 fully saturated rings. The van der Waals surface area contributed by atoms with Gasteiger partial charge in [-0.3, -0.25) is 10.1 Å². The van der Waals surface area contributed by atoms with Crippen LogP contribution in [0.1, 0.15) is 23.0 Å². The summed E-state index contributed by atoms with van der Waals surface area (Å²) in [6, 6.07) is 6.39. The number of anilines is 2. The van der Waals surface area contributed by atoms with Gasteiger partial charge in [0.2, 0.25) is 0 Å². The highest BCUT2D eigenvalue weighted by atomic mass is 32.1. The first-order valence-electron chi connectivity index (χ1n) is 6.25. The molecule has 2 aromatic rings. The van der Waals surface area contributed by atoms with Crippen LogP contribution in [0.25, 0.3) is 0 Å². The van der Waals surface area contributed by atoms with Crippen LogP contribution in [0.3, 0.4) is 0 Å². The summed E-state index contributed by atoms with van der Waals surface area (Å²) in [6.45, 7) is 3.33. The van der Waals surface area contributed by atoms with Crippen molar-refractivity contribution in [3.63, 3.8) is 0 Å². The highest BCUT2D eigenvalue weighted by Gasteiger charge is 2.19. The van der Waals surface area contributed by atoms with Crippen LogP contribution in [0.2, 0.25) is 0 Å². The standard InChI is InChI=1S/C14H15N3O3S/c1-8-7-21-14(16-8)17-12(18)9(2)20-13(19)10-4-3-5-11(15)6-10/h3-7,9H,15H2,1-2H3,(H,16,17,18). The maximum atomic E-state index is 11.9. The average molecular weight is 305 g/mol. The van der Waals surface area contributed by atoms with Gasteiger partial charge in [0.1, 0.15) is 0 Å². The number of nitrogens with two attached hydrogens (primary N) is 1. The van der Waals surface area contributed by atoms with Crippen molar-refractivity contribution in [2.24, 2.45) is 0 Å². The quantitative estimate of drug-likeness (QED) is 0.667. The third-order valence-corrected chi connectivity index (χ3v) is 3.50. The summed E-state index contributed by atoms with van der Waals surface area (Å²) >= 11 is 1.31. The Hall–Kier alpha value is -2.41. The fraction of sp³-hybridized carbons (Fsp3) is 0.214. The molecule has 0 aliphatic heterocycles. The number of amides is 1. The number of nitrogen functional groups attached to an aromatic ring is 1. The molecule has 0 saturated carbocycles. The lowest BCUT2D eigenvalue weighted by Crippen LogP contribution is -2.30. The van der Waals surface area contributed by atoms with Crippen molar-refractivity contribution in [3.05, 3.63) is 40.9 Å². The zero-order valence-corrected chi connectivity index (χ0v) is 12.4. The van der Waals surface area contributed by atoms with Gasteiger partial charge in [-0.2, -0.15) is 0 Å². The van der Waals surface area contributed by atoms with E-state index in [4.69, 9.17) is 10.5 Å². The zero-order valence-electron chi connectivity index (χ0n) is 11.6. The van der Waals surface area contributed by atoms with E-state index in [1.54, 1.807) is 18.2 Å². The van der Waals surface area contributed by atoms with Crippen molar-refractivity contribution in [2.45, 2.75) is 20.0 Å². The lowest BCUT2D eigenvalue weighted by Gasteiger charge is -2.12. The van der Waals surface area contributed by atoms with Gasteiger partial charge in [0, 0.05) is 11.1 Å². The number of carbonyl (C=O) groups excluding carboxylic acids is 2. The van der Waals surface area contributed by atoms with Gasteiger partial charge in [-0.15, -0.1) is 11.3 Å². The summed E-state index contributed by atoms with van der Waals surface area (Å²) in [7, 11) is 0. The van der Waals surface area contributed by atoms with E-state index in [1.165, 1.54) is 24.3 Å². The van der Waals surface area contributed by atoms with E-state index >= 15 is 0 Å². The van der Waals surface area contributed by atoms with E-state index in [1.807, 2.05) is 12.3 Å². The van der Waals surface area contributed by atoms with Gasteiger partial charge in [-0.1, -0.05) is 6.07 Å². The van der Waals surface area contributed by atoms with E-state index in [9.17, 15) is 9.59 Å². The molecule has 0 aliphatic rings. The predicted octanol–water partition coefficient (Wildman–Crippen LogP) is 2.22. The van der Waals surface area contributed by atoms with E-state index in [2.05, 4.69) is 10.3 Å². The maximum Gasteiger partial charge on any atom is 0.338 e. The first-order chi connectivity index (χ1) is 9.95. The number of aryl methyl sites for hydroxylation is 1. The van der Waals surface area contributed by atoms with Crippen molar-refractivity contribution in [1.82, 2.24) is 4.98 Å². The Bertz CT molecular complexity index is 669. The minimum Gasteiger partial charge on any atom is -0.449 e. The molecule has 1 amide bonds. The SMILES string of the molecule is Cc1csc(NC(=O)C(C)OC(=O)c2cccc(N)c2)n1. The van der Waals surface area contributed by atoms with Gasteiger partial charge in [-0.05, 0) is 32.0 Å². The summed E-state index contributed by atoms with van der Waals surface area (Å²) in [5.41, 5.74) is 7.18. The van der Waals surface area contributed by atoms with Gasteiger partial charge in [0.15, 0.2) is 11.2 Å². The number of benzene rings is 1. The molecule has 0 aliphatic carbocycles. The highest BCUT2D eigenvalue weighted by molar-refractivity contribution is 7.13. The number of nitrogens with zero attached hydrogens (tertiary/aromatic N) is 1. The fourth-order valence-corrected chi connectivity index (χ4v) is 2.26. The Kier molecular flexibility index (Phi) is 4.54. The second-order valence-electron chi connectivity index (χ2n) is 4.46. The molecule has 1 aromatic carbocycles. The number of carbonyl (C=O) groups is 2. The molecule has 1 aromatic heterocycles. The molecule has 0 spiro atoms. The fourth-order valence-electron chi connectivity index (χ4n) is 1.57. The minimum atomic E-state index is -0.928. The van der Waals surface area contributed by atoms with Crippen molar-refractivity contribution in [3.8, 4) is 0 Å². The number of esters is 1. The number of thiazole rings is 1. The van der Waals surface area contributed by atoms with Crippen LogP contribution in [0.4, 0.5) is 10.8 Å². The number of hydrogen-bond donors (Lipinski definition) is 2. The summed E-state index contributed by atoms with van der Waals surface area (Å²) < 4.78 is 5.10. The molecule has 110 valence electrons. The molecule has 7 heteroatoms. The molecule has 21 heavy (non-hydrogen) atoms. The van der Waals surface area contributed by atoms with Crippen molar-refractivity contribution >= 4 is 34.0 Å². The lowest BCUT2D eigenvalue weighted by molar-refractivity contribution is -0.123. The largest absolute Gasteiger partial charge is 0.449 e. The van der Waals surface area contributed by atoms with Crippen LogP contribution in [-0.4, -0.2) is 23.0 Å². The molecule has 1 heterocycles. The van der Waals surface area contributed by atoms with Crippen molar-refractivity contribution in [2.75, 3.05) is 11.1 Å². The van der Waals surface area contributed by atoms with E-state index in [0.29, 0.717) is 16.4 Å². The van der Waals surface area contributed by atoms with Crippen molar-refractivity contribution < 1.29 is 14.3 Å². The smallest absolute Gasteiger partial charge is 0.338 e. The summed E-state index contributed by atoms with van der Waals surface area (Å²) in [4.78, 5) is 27.9. The van der Waals surface area contributed by atoms with Crippen LogP contribution in [-0.2, 0) is 9.53 Å². The molecular formula is C14H15N3O3S. The number of hydrogen-bond acceptors (Lipinski definition) is 6. The van der Waals surface area contributed by atoms with Gasteiger partial charge in [-0.25, -0.2) is 9.78 Å². The summed E-state index contributed by atoms with van der Waals surface area (Å²) in [5, 5.41) is 4.89. The Morgan fingerprint density at radius 2 is 2.19 bits per heavy atom. The van der Waals surface area contributed by atoms with Crippen LogP contribution in [0.15, 0.2) is 29.6 Å². The Morgan fingerprint density at radius 3 is 2.81 bits per heavy atom. The third-order valence-electron chi connectivity index (χ3n) is 2.62. The molecule has 2 rings (SSSR count). The van der Waals surface area contributed by atoms with Crippen LogP contribution in [0, 0.1) is 6.92 Å². The topological polar surface area (TPSA) is 94.3 Å². The molecule has 0 saturated heterocycles. The highest BCUT2D eigenvalue weighted by Crippen LogP contribution is 2.15. The monoisotopic (exact) mass is 305 g/mol. The first kappa shape index (κ1) is 15.0. The van der Waals surface area contributed by atoms with Gasteiger partial charge < -0.3 is 10.5 Å². The predicted molar refractivity (Wildman–Crippen MR) is 81.2 cm³/mol. The molecule has 0 bridgehead atoms. The maximum absolute atomic E-state index is 11.9. The second-order valence-corrected chi connectivity index (χ2v) is 5.31. The number of aromatic nitrogens is 1. The third kappa shape index (κ3) is 4.03. The van der Waals surface area contributed by atoms with Gasteiger partial charge >= 0.3 is 5.97 Å². The van der Waals surface area contributed by atoms with E-state index in [0.717, 1.165) is 5.69 Å². The van der Waals surface area contributed by atoms with E-state index < -0.39 is 18.0 Å². The lowest BCUT2D eigenvalue weighted by atomic mass is 10.2. The number of ether oxygens (including phenoxy) is 1. The van der Waals surface area contributed by atoms with Gasteiger partial charge in [0.05, 0.1) is 11.3 Å². The van der Waals surface area contributed by atoms with Crippen LogP contribution < -0.4 is 11.1 Å². The second kappa shape index (κ2) is 6.36. The number of nitrogens with one attached hydrogen (secondary N) is 1. The summed E-state index contributed by atoms with van der Waals surface area (Å²) in [6.07, 6.45) is -0.928.